The summed E-state index contributed by atoms with van der Waals surface area (Å²) in [4.78, 5) is 0. The number of rotatable bonds is 2. The molecule has 0 aliphatic heterocycles. The van der Waals surface area contributed by atoms with Crippen molar-refractivity contribution < 1.29 is 0 Å². The SMILES string of the molecule is Cc1cc(C)cc(-n2cc(CC#N)c(C)n2)c1. The Labute approximate surface area is 101 Å². The van der Waals surface area contributed by atoms with Crippen molar-refractivity contribution in [3.05, 3.63) is 46.8 Å². The quantitative estimate of drug-likeness (QED) is 0.788. The summed E-state index contributed by atoms with van der Waals surface area (Å²) in [5.41, 5.74) is 5.40. The van der Waals surface area contributed by atoms with Gasteiger partial charge in [0.25, 0.3) is 0 Å². The van der Waals surface area contributed by atoms with Gasteiger partial charge in [0.15, 0.2) is 0 Å². The van der Waals surface area contributed by atoms with Gasteiger partial charge in [0.1, 0.15) is 0 Å². The van der Waals surface area contributed by atoms with Crippen LogP contribution in [-0.2, 0) is 6.42 Å². The molecule has 1 heterocycles. The van der Waals surface area contributed by atoms with E-state index in [4.69, 9.17) is 5.26 Å². The van der Waals surface area contributed by atoms with Crippen LogP contribution in [0.3, 0.4) is 0 Å². The second-order valence-corrected chi connectivity index (χ2v) is 4.37. The van der Waals surface area contributed by atoms with E-state index in [-0.39, 0.29) is 0 Å². The second-order valence-electron chi connectivity index (χ2n) is 4.37. The lowest BCUT2D eigenvalue weighted by molar-refractivity contribution is 0.860. The van der Waals surface area contributed by atoms with Gasteiger partial charge in [-0.3, -0.25) is 0 Å². The predicted molar refractivity (Wildman–Crippen MR) is 67.1 cm³/mol. The molecule has 17 heavy (non-hydrogen) atoms. The molecule has 0 spiro atoms. The number of nitriles is 1. The first-order valence-corrected chi connectivity index (χ1v) is 5.61. The summed E-state index contributed by atoms with van der Waals surface area (Å²) in [5.74, 6) is 0. The van der Waals surface area contributed by atoms with Crippen LogP contribution in [0.15, 0.2) is 24.4 Å². The Morgan fingerprint density at radius 1 is 1.18 bits per heavy atom. The molecule has 0 N–H and O–H groups in total. The zero-order valence-corrected chi connectivity index (χ0v) is 10.4. The molecule has 0 amide bonds. The summed E-state index contributed by atoms with van der Waals surface area (Å²) >= 11 is 0. The van der Waals surface area contributed by atoms with Gasteiger partial charge in [-0.15, -0.1) is 0 Å². The maximum Gasteiger partial charge on any atom is 0.0671 e. The van der Waals surface area contributed by atoms with E-state index in [2.05, 4.69) is 43.2 Å². The zero-order chi connectivity index (χ0) is 12.4. The fraction of sp³-hybridized carbons (Fsp3) is 0.286. The Morgan fingerprint density at radius 2 is 1.82 bits per heavy atom. The van der Waals surface area contributed by atoms with Crippen LogP contribution in [-0.4, -0.2) is 9.78 Å². The molecule has 3 heteroatoms. The van der Waals surface area contributed by atoms with Crippen molar-refractivity contribution in [1.29, 1.82) is 5.26 Å². The first-order chi connectivity index (χ1) is 8.10. The van der Waals surface area contributed by atoms with Gasteiger partial charge in [-0.25, -0.2) is 4.68 Å². The molecule has 0 aliphatic carbocycles. The van der Waals surface area contributed by atoms with Crippen LogP contribution < -0.4 is 0 Å². The molecule has 0 unspecified atom stereocenters. The summed E-state index contributed by atoms with van der Waals surface area (Å²) in [6, 6.07) is 8.48. The smallest absolute Gasteiger partial charge is 0.0671 e. The van der Waals surface area contributed by atoms with E-state index in [1.807, 2.05) is 17.8 Å². The van der Waals surface area contributed by atoms with E-state index in [9.17, 15) is 0 Å². The van der Waals surface area contributed by atoms with E-state index in [1.165, 1.54) is 11.1 Å². The summed E-state index contributed by atoms with van der Waals surface area (Å²) in [7, 11) is 0. The molecular weight excluding hydrogens is 210 g/mol. The highest BCUT2D eigenvalue weighted by Crippen LogP contribution is 2.15. The standard InChI is InChI=1S/C14H15N3/c1-10-6-11(2)8-14(7-10)17-9-13(4-5-15)12(3)16-17/h6-9H,4H2,1-3H3. The van der Waals surface area contributed by atoms with Crippen LogP contribution in [0.4, 0.5) is 0 Å². The van der Waals surface area contributed by atoms with E-state index in [0.717, 1.165) is 16.9 Å². The molecule has 2 aromatic rings. The largest absolute Gasteiger partial charge is 0.240 e. The van der Waals surface area contributed by atoms with Gasteiger partial charge < -0.3 is 0 Å². The van der Waals surface area contributed by atoms with E-state index in [1.54, 1.807) is 0 Å². The monoisotopic (exact) mass is 225 g/mol. The molecule has 0 fully saturated rings. The fourth-order valence-electron chi connectivity index (χ4n) is 1.97. The summed E-state index contributed by atoms with van der Waals surface area (Å²) in [5, 5.41) is 13.2. The predicted octanol–water partition coefficient (Wildman–Crippen LogP) is 2.86. The molecule has 0 aliphatic rings. The molecule has 1 aromatic carbocycles. The zero-order valence-electron chi connectivity index (χ0n) is 10.4. The average Bonchev–Trinajstić information content (AvgIpc) is 2.60. The third kappa shape index (κ3) is 2.36. The van der Waals surface area contributed by atoms with Gasteiger partial charge >= 0.3 is 0 Å². The molecule has 1 aromatic heterocycles. The van der Waals surface area contributed by atoms with Crippen molar-refractivity contribution in [2.45, 2.75) is 27.2 Å². The lowest BCUT2D eigenvalue weighted by Crippen LogP contribution is -1.96. The lowest BCUT2D eigenvalue weighted by atomic mass is 10.1. The number of nitrogens with zero attached hydrogens (tertiary/aromatic N) is 3. The molecule has 0 radical (unpaired) electrons. The van der Waals surface area contributed by atoms with Crippen LogP contribution >= 0.6 is 0 Å². The van der Waals surface area contributed by atoms with Crippen molar-refractivity contribution in [3.63, 3.8) is 0 Å². The van der Waals surface area contributed by atoms with Crippen LogP contribution in [0, 0.1) is 32.1 Å². The molecule has 3 nitrogen and oxygen atoms in total. The van der Waals surface area contributed by atoms with Gasteiger partial charge in [0, 0.05) is 11.8 Å². The number of benzene rings is 1. The molecule has 86 valence electrons. The van der Waals surface area contributed by atoms with Gasteiger partial charge in [-0.1, -0.05) is 6.07 Å². The minimum atomic E-state index is 0.413. The first-order valence-electron chi connectivity index (χ1n) is 5.61. The van der Waals surface area contributed by atoms with Crippen LogP contribution in [0.5, 0.6) is 0 Å². The van der Waals surface area contributed by atoms with E-state index in [0.29, 0.717) is 6.42 Å². The van der Waals surface area contributed by atoms with Gasteiger partial charge in [-0.2, -0.15) is 10.4 Å². The number of aryl methyl sites for hydroxylation is 3. The number of hydrogen-bond acceptors (Lipinski definition) is 2. The summed E-state index contributed by atoms with van der Waals surface area (Å²) < 4.78 is 1.85. The normalized spacial score (nSPS) is 10.2. The molecule has 0 saturated carbocycles. The molecule has 2 rings (SSSR count). The topological polar surface area (TPSA) is 41.6 Å². The third-order valence-corrected chi connectivity index (χ3v) is 2.74. The van der Waals surface area contributed by atoms with Gasteiger partial charge in [-0.05, 0) is 44.0 Å². The minimum absolute atomic E-state index is 0.413. The van der Waals surface area contributed by atoms with Crippen molar-refractivity contribution >= 4 is 0 Å². The molecule has 0 bridgehead atoms. The van der Waals surface area contributed by atoms with E-state index < -0.39 is 0 Å². The third-order valence-electron chi connectivity index (χ3n) is 2.74. The highest BCUT2D eigenvalue weighted by atomic mass is 15.3. The number of hydrogen-bond donors (Lipinski definition) is 0. The van der Waals surface area contributed by atoms with Crippen LogP contribution in [0.2, 0.25) is 0 Å². The highest BCUT2D eigenvalue weighted by Gasteiger charge is 2.06. The molecule has 0 saturated heterocycles. The van der Waals surface area contributed by atoms with Crippen molar-refractivity contribution in [2.75, 3.05) is 0 Å². The first kappa shape index (κ1) is 11.4. The Morgan fingerprint density at radius 3 is 2.41 bits per heavy atom. The molecular formula is C14H15N3. The van der Waals surface area contributed by atoms with Gasteiger partial charge in [0.05, 0.1) is 23.9 Å². The number of aromatic nitrogens is 2. The average molecular weight is 225 g/mol. The van der Waals surface area contributed by atoms with Crippen LogP contribution in [0.1, 0.15) is 22.4 Å². The van der Waals surface area contributed by atoms with Crippen molar-refractivity contribution in [2.24, 2.45) is 0 Å². The highest BCUT2D eigenvalue weighted by molar-refractivity contribution is 5.40. The van der Waals surface area contributed by atoms with E-state index >= 15 is 0 Å². The maximum absolute atomic E-state index is 8.73. The second kappa shape index (κ2) is 4.42. The lowest BCUT2D eigenvalue weighted by Gasteiger charge is -2.04. The van der Waals surface area contributed by atoms with Crippen LogP contribution in [0.25, 0.3) is 5.69 Å². The van der Waals surface area contributed by atoms with Crippen molar-refractivity contribution in [3.8, 4) is 11.8 Å². The Kier molecular flexibility index (Phi) is 2.97. The summed E-state index contributed by atoms with van der Waals surface area (Å²) in [6.07, 6.45) is 2.35. The Bertz CT molecular complexity index is 568. The van der Waals surface area contributed by atoms with Crippen molar-refractivity contribution in [1.82, 2.24) is 9.78 Å². The fourth-order valence-corrected chi connectivity index (χ4v) is 1.97. The molecule has 0 atom stereocenters. The summed E-state index contributed by atoms with van der Waals surface area (Å²) in [6.45, 7) is 6.08. The maximum atomic E-state index is 8.73. The minimum Gasteiger partial charge on any atom is -0.240 e. The Balaban J connectivity index is 2.46. The van der Waals surface area contributed by atoms with Gasteiger partial charge in [0.2, 0.25) is 0 Å². The Hall–Kier alpha value is -2.08.